The molecular weight excluding hydrogens is 462 g/mol. The van der Waals surface area contributed by atoms with Crippen molar-refractivity contribution in [3.8, 4) is 0 Å². The summed E-state index contributed by atoms with van der Waals surface area (Å²) in [5.41, 5.74) is -2.17. The van der Waals surface area contributed by atoms with Crippen LogP contribution in [0.3, 0.4) is 0 Å². The Balaban J connectivity index is 2.08. The monoisotopic (exact) mass is 497 g/mol. The average Bonchev–Trinajstić information content (AvgIpc) is 2.71. The van der Waals surface area contributed by atoms with Crippen molar-refractivity contribution in [2.24, 2.45) is 11.3 Å². The number of likely N-dealkylation sites (tertiary alicyclic amines) is 1. The number of hydrogen-bond acceptors (Lipinski definition) is 5. The summed E-state index contributed by atoms with van der Waals surface area (Å²) in [6.45, 7) is 11.1. The molecule has 2 rings (SSSR count). The molecule has 1 heterocycles. The topological polar surface area (TPSA) is 128 Å². The van der Waals surface area contributed by atoms with Crippen molar-refractivity contribution in [3.05, 3.63) is 34.9 Å². The highest BCUT2D eigenvalue weighted by molar-refractivity contribution is 6.30. The Hall–Kier alpha value is -2.52. The lowest BCUT2D eigenvalue weighted by Crippen LogP contribution is -2.61. The predicted octanol–water partition coefficient (Wildman–Crippen LogP) is 3.58. The van der Waals surface area contributed by atoms with Gasteiger partial charge in [0.05, 0.1) is 12.1 Å². The van der Waals surface area contributed by atoms with Gasteiger partial charge in [0, 0.05) is 23.5 Å². The van der Waals surface area contributed by atoms with Crippen LogP contribution in [-0.2, 0) is 15.1 Å². The number of halogens is 1. The van der Waals surface area contributed by atoms with Gasteiger partial charge in [-0.3, -0.25) is 4.79 Å². The standard InChI is InChI=1S/C24H36ClN3O6/c1-15(2)18(27-20(30)26-13-23(5,6)34-21(31)32)19(29)28-12-11-24(33,22(3,4)14-28)16-7-9-17(25)10-8-16/h7-10,15,18,33H,11-14H2,1-6H3,(H,31,32)(H2,26,27,30)/t18-,24+/m1/s1. The molecule has 1 aromatic rings. The van der Waals surface area contributed by atoms with Gasteiger partial charge in [0.1, 0.15) is 11.6 Å². The van der Waals surface area contributed by atoms with E-state index in [2.05, 4.69) is 10.6 Å². The molecular formula is C24H36ClN3O6. The number of hydrogen-bond donors (Lipinski definition) is 4. The molecule has 0 unspecified atom stereocenters. The van der Waals surface area contributed by atoms with Crippen molar-refractivity contribution in [1.29, 1.82) is 0 Å². The van der Waals surface area contributed by atoms with Gasteiger partial charge in [-0.1, -0.05) is 51.4 Å². The van der Waals surface area contributed by atoms with Crippen molar-refractivity contribution >= 4 is 29.7 Å². The lowest BCUT2D eigenvalue weighted by molar-refractivity contribution is -0.155. The Kier molecular flexibility index (Phi) is 8.48. The molecule has 10 heteroatoms. The van der Waals surface area contributed by atoms with Crippen molar-refractivity contribution in [2.75, 3.05) is 19.6 Å². The van der Waals surface area contributed by atoms with Gasteiger partial charge >= 0.3 is 12.2 Å². The van der Waals surface area contributed by atoms with Gasteiger partial charge in [0.2, 0.25) is 5.91 Å². The summed E-state index contributed by atoms with van der Waals surface area (Å²) in [6.07, 6.45) is -1.10. The fourth-order valence-corrected chi connectivity index (χ4v) is 4.37. The molecule has 1 aromatic carbocycles. The zero-order valence-electron chi connectivity index (χ0n) is 20.6. The normalized spacial score (nSPS) is 21.0. The average molecular weight is 498 g/mol. The highest BCUT2D eigenvalue weighted by Gasteiger charge is 2.50. The Labute approximate surface area is 205 Å². The lowest BCUT2D eigenvalue weighted by atomic mass is 9.66. The third-order valence-corrected chi connectivity index (χ3v) is 6.59. The minimum atomic E-state index is -1.44. The number of nitrogens with one attached hydrogen (secondary N) is 2. The lowest BCUT2D eigenvalue weighted by Gasteiger charge is -2.51. The molecule has 1 aliphatic heterocycles. The quantitative estimate of drug-likeness (QED) is 0.426. The number of carbonyl (C=O) groups excluding carboxylic acids is 2. The number of ether oxygens (including phenoxy) is 1. The summed E-state index contributed by atoms with van der Waals surface area (Å²) in [5, 5.41) is 26.2. The molecule has 3 amide bonds. The number of benzene rings is 1. The Bertz CT molecular complexity index is 902. The van der Waals surface area contributed by atoms with Crippen LogP contribution in [0.1, 0.15) is 53.5 Å². The zero-order valence-corrected chi connectivity index (χ0v) is 21.4. The fourth-order valence-electron chi connectivity index (χ4n) is 4.24. The van der Waals surface area contributed by atoms with Crippen molar-refractivity contribution in [3.63, 3.8) is 0 Å². The molecule has 1 aliphatic rings. The number of amides is 3. The molecule has 0 aliphatic carbocycles. The third-order valence-electron chi connectivity index (χ3n) is 6.34. The van der Waals surface area contributed by atoms with Crippen LogP contribution in [0.15, 0.2) is 24.3 Å². The van der Waals surface area contributed by atoms with Crippen LogP contribution in [-0.4, -0.2) is 64.5 Å². The van der Waals surface area contributed by atoms with Gasteiger partial charge in [-0.2, -0.15) is 0 Å². The minimum absolute atomic E-state index is 0.0605. The van der Waals surface area contributed by atoms with Crippen LogP contribution >= 0.6 is 11.6 Å². The SMILES string of the molecule is CC(C)[C@@H](NC(=O)NCC(C)(C)OC(=O)O)C(=O)N1CC[C@](O)(c2ccc(Cl)cc2)C(C)(C)C1. The number of urea groups is 1. The first-order valence-corrected chi connectivity index (χ1v) is 11.7. The highest BCUT2D eigenvalue weighted by Crippen LogP contribution is 2.46. The maximum atomic E-state index is 13.4. The van der Waals surface area contributed by atoms with Crippen molar-refractivity contribution in [1.82, 2.24) is 15.5 Å². The first-order chi connectivity index (χ1) is 15.6. The molecule has 0 aromatic heterocycles. The second kappa shape index (κ2) is 10.4. The van der Waals surface area contributed by atoms with E-state index in [1.165, 1.54) is 13.8 Å². The van der Waals surface area contributed by atoms with Crippen LogP contribution in [0.25, 0.3) is 0 Å². The molecule has 190 valence electrons. The van der Waals surface area contributed by atoms with Gasteiger partial charge in [-0.05, 0) is 43.9 Å². The number of aliphatic hydroxyl groups is 1. The van der Waals surface area contributed by atoms with Gasteiger partial charge < -0.3 is 30.5 Å². The van der Waals surface area contributed by atoms with Crippen LogP contribution in [0.4, 0.5) is 9.59 Å². The van der Waals surface area contributed by atoms with E-state index in [4.69, 9.17) is 21.4 Å². The van der Waals surface area contributed by atoms with Crippen molar-refractivity contribution in [2.45, 2.75) is 65.2 Å². The number of carbonyl (C=O) groups is 3. The van der Waals surface area contributed by atoms with Gasteiger partial charge in [-0.25, -0.2) is 9.59 Å². The maximum absolute atomic E-state index is 13.4. The van der Waals surface area contributed by atoms with Crippen molar-refractivity contribution < 1.29 is 29.3 Å². The van der Waals surface area contributed by atoms with E-state index in [1.807, 2.05) is 27.7 Å². The summed E-state index contributed by atoms with van der Waals surface area (Å²) >= 11 is 6.00. The van der Waals surface area contributed by atoms with Gasteiger partial charge in [0.25, 0.3) is 0 Å². The number of piperidine rings is 1. The summed E-state index contributed by atoms with van der Waals surface area (Å²) < 4.78 is 4.74. The van der Waals surface area contributed by atoms with E-state index in [0.717, 1.165) is 5.56 Å². The molecule has 0 bridgehead atoms. The molecule has 9 nitrogen and oxygen atoms in total. The maximum Gasteiger partial charge on any atom is 0.506 e. The first kappa shape index (κ1) is 27.7. The molecule has 0 saturated carbocycles. The zero-order chi connectivity index (χ0) is 25.9. The number of nitrogens with zero attached hydrogens (tertiary/aromatic N) is 1. The molecule has 34 heavy (non-hydrogen) atoms. The molecule has 0 spiro atoms. The Morgan fingerprint density at radius 3 is 2.29 bits per heavy atom. The van der Waals surface area contributed by atoms with E-state index in [-0.39, 0.29) is 18.4 Å². The first-order valence-electron chi connectivity index (χ1n) is 11.3. The van der Waals surface area contributed by atoms with E-state index in [1.54, 1.807) is 29.2 Å². The van der Waals surface area contributed by atoms with Gasteiger partial charge in [-0.15, -0.1) is 0 Å². The van der Waals surface area contributed by atoms with E-state index in [0.29, 0.717) is 24.5 Å². The summed E-state index contributed by atoms with van der Waals surface area (Å²) in [6, 6.07) is 5.70. The highest BCUT2D eigenvalue weighted by atomic mass is 35.5. The van der Waals surface area contributed by atoms with Crippen LogP contribution in [0, 0.1) is 11.3 Å². The minimum Gasteiger partial charge on any atom is -0.450 e. The smallest absolute Gasteiger partial charge is 0.450 e. The second-order valence-electron chi connectivity index (χ2n) is 10.4. The molecule has 4 N–H and O–H groups in total. The second-order valence-corrected chi connectivity index (χ2v) is 10.9. The summed E-state index contributed by atoms with van der Waals surface area (Å²) in [4.78, 5) is 38.3. The van der Waals surface area contributed by atoms with Crippen LogP contribution < -0.4 is 10.6 Å². The Morgan fingerprint density at radius 1 is 1.21 bits per heavy atom. The van der Waals surface area contributed by atoms with Gasteiger partial charge in [0.15, 0.2) is 0 Å². The van der Waals surface area contributed by atoms with E-state index >= 15 is 0 Å². The fraction of sp³-hybridized carbons (Fsp3) is 0.625. The van der Waals surface area contributed by atoms with E-state index in [9.17, 15) is 19.5 Å². The van der Waals surface area contributed by atoms with E-state index < -0.39 is 34.8 Å². The number of rotatable bonds is 7. The predicted molar refractivity (Wildman–Crippen MR) is 129 cm³/mol. The summed E-state index contributed by atoms with van der Waals surface area (Å²) in [7, 11) is 0. The molecule has 1 fully saturated rings. The number of carboxylic acid groups (broad SMARTS) is 1. The molecule has 0 radical (unpaired) electrons. The van der Waals surface area contributed by atoms with Crippen LogP contribution in [0.5, 0.6) is 0 Å². The summed E-state index contributed by atoms with van der Waals surface area (Å²) in [5.74, 6) is -0.431. The molecule has 1 saturated heterocycles. The van der Waals surface area contributed by atoms with Crippen LogP contribution in [0.2, 0.25) is 5.02 Å². The molecule has 2 atom stereocenters. The largest absolute Gasteiger partial charge is 0.506 e. The Morgan fingerprint density at radius 2 is 1.79 bits per heavy atom. The third kappa shape index (κ3) is 6.54.